The van der Waals surface area contributed by atoms with E-state index < -0.39 is 63.8 Å². The van der Waals surface area contributed by atoms with Gasteiger partial charge in [-0.15, -0.1) is 0 Å². The second-order valence-corrected chi connectivity index (χ2v) is 15.6. The molecule has 0 aliphatic carbocycles. The van der Waals surface area contributed by atoms with Gasteiger partial charge >= 0.3 is 0 Å². The van der Waals surface area contributed by atoms with Gasteiger partial charge in [0.05, 0.1) is 24.1 Å². The van der Waals surface area contributed by atoms with Crippen LogP contribution in [-0.2, 0) is 19.6 Å². The molecule has 4 aromatic rings. The molecular weight excluding hydrogens is 726 g/mol. The molecule has 53 heavy (non-hydrogen) atoms. The molecule has 16 heteroatoms. The minimum Gasteiger partial charge on any atom is -0.497 e. The number of halogens is 1. The van der Waals surface area contributed by atoms with Crippen LogP contribution in [0.1, 0.15) is 73.2 Å². The topological polar surface area (TPSA) is 202 Å². The number of sulfonamides is 1. The Bertz CT molecular complexity index is 2100. The molecule has 5 rings (SSSR count). The molecule has 1 aromatic heterocycles. The van der Waals surface area contributed by atoms with Gasteiger partial charge in [0.25, 0.3) is 33.7 Å². The molecule has 0 radical (unpaired) electrons. The average molecular weight is 768 g/mol. The third-order valence-electron chi connectivity index (χ3n) is 9.23. The summed E-state index contributed by atoms with van der Waals surface area (Å²) in [6, 6.07) is 12.2. The van der Waals surface area contributed by atoms with Crippen LogP contribution in [0.4, 0.5) is 0 Å². The highest BCUT2D eigenvalue weighted by Gasteiger charge is 2.46. The largest absolute Gasteiger partial charge is 0.497 e. The lowest BCUT2D eigenvalue weighted by Crippen LogP contribution is -2.58. The zero-order valence-corrected chi connectivity index (χ0v) is 31.4. The van der Waals surface area contributed by atoms with E-state index in [0.29, 0.717) is 39.7 Å². The van der Waals surface area contributed by atoms with Crippen molar-refractivity contribution in [1.29, 1.82) is 0 Å². The van der Waals surface area contributed by atoms with E-state index in [1.54, 1.807) is 36.9 Å². The van der Waals surface area contributed by atoms with E-state index >= 15 is 0 Å². The first-order chi connectivity index (χ1) is 25.0. The van der Waals surface area contributed by atoms with Gasteiger partial charge in [-0.05, 0) is 91.9 Å². The highest BCUT2D eigenvalue weighted by Crippen LogP contribution is 2.35. The number of nitrogens with one attached hydrogen (secondary N) is 1. The molecule has 1 unspecified atom stereocenters. The number of ether oxygens (including phenoxy) is 1. The van der Waals surface area contributed by atoms with E-state index in [1.165, 1.54) is 55.6 Å². The molecule has 1 saturated heterocycles. The summed E-state index contributed by atoms with van der Waals surface area (Å²) in [4.78, 5) is 61.8. The SMILES string of the molecule is COc1ccc2oc(C(O)[C@H](C(C)C)N3CCC[C@H]3C(=O)N(C(=O)c3ccc(C(=O)NS(=O)(=O)c4ccc(Cl)cc4)cc3)C(=O)[C@@H](N)C(C)C)nc2c1. The quantitative estimate of drug-likeness (QED) is 0.173. The molecule has 4 amide bonds. The van der Waals surface area contributed by atoms with Gasteiger partial charge in [0.15, 0.2) is 5.58 Å². The maximum absolute atomic E-state index is 14.4. The second-order valence-electron chi connectivity index (χ2n) is 13.5. The van der Waals surface area contributed by atoms with Crippen molar-refractivity contribution in [2.24, 2.45) is 17.6 Å². The summed E-state index contributed by atoms with van der Waals surface area (Å²) in [5.41, 5.74) is 6.92. The summed E-state index contributed by atoms with van der Waals surface area (Å²) >= 11 is 5.84. The van der Waals surface area contributed by atoms with Crippen LogP contribution < -0.4 is 15.2 Å². The van der Waals surface area contributed by atoms with Gasteiger partial charge in [-0.2, -0.15) is 0 Å². The van der Waals surface area contributed by atoms with Gasteiger partial charge in [-0.3, -0.25) is 24.1 Å². The van der Waals surface area contributed by atoms with E-state index in [1.807, 2.05) is 18.6 Å². The predicted molar refractivity (Wildman–Crippen MR) is 195 cm³/mol. The van der Waals surface area contributed by atoms with Crippen molar-refractivity contribution in [1.82, 2.24) is 19.5 Å². The van der Waals surface area contributed by atoms with Gasteiger partial charge in [-0.1, -0.05) is 39.3 Å². The molecule has 4 atom stereocenters. The predicted octanol–water partition coefficient (Wildman–Crippen LogP) is 4.31. The first-order valence-electron chi connectivity index (χ1n) is 17.0. The van der Waals surface area contributed by atoms with Crippen LogP contribution >= 0.6 is 11.6 Å². The number of nitrogens with two attached hydrogens (primary N) is 1. The number of hydrogen-bond donors (Lipinski definition) is 3. The maximum Gasteiger partial charge on any atom is 0.267 e. The molecule has 3 aromatic carbocycles. The van der Waals surface area contributed by atoms with Crippen LogP contribution in [0.15, 0.2) is 76.0 Å². The molecule has 14 nitrogen and oxygen atoms in total. The number of nitrogens with zero attached hydrogens (tertiary/aromatic N) is 3. The van der Waals surface area contributed by atoms with Crippen LogP contribution in [0.2, 0.25) is 5.02 Å². The number of likely N-dealkylation sites (tertiary alicyclic amines) is 1. The number of benzene rings is 3. The lowest BCUT2D eigenvalue weighted by molar-refractivity contribution is -0.146. The number of hydrogen-bond acceptors (Lipinski definition) is 12. The number of oxazole rings is 1. The minimum absolute atomic E-state index is 0.0426. The van der Waals surface area contributed by atoms with Gasteiger partial charge in [0.2, 0.25) is 5.89 Å². The Labute approximate surface area is 312 Å². The number of imide groups is 3. The van der Waals surface area contributed by atoms with Crippen molar-refractivity contribution >= 4 is 56.4 Å². The first kappa shape index (κ1) is 39.5. The number of rotatable bonds is 12. The Hall–Kier alpha value is -4.67. The molecule has 0 bridgehead atoms. The van der Waals surface area contributed by atoms with Crippen LogP contribution in [-0.4, -0.2) is 83.7 Å². The Kier molecular flexibility index (Phi) is 12.0. The normalized spacial score (nSPS) is 16.8. The maximum atomic E-state index is 14.4. The van der Waals surface area contributed by atoms with Crippen LogP contribution in [0.5, 0.6) is 5.75 Å². The molecule has 1 aliphatic rings. The minimum atomic E-state index is -4.24. The molecule has 1 aliphatic heterocycles. The van der Waals surface area contributed by atoms with E-state index in [-0.39, 0.29) is 34.3 Å². The number of carbonyl (C=O) groups is 4. The highest BCUT2D eigenvalue weighted by atomic mass is 35.5. The zero-order chi connectivity index (χ0) is 38.8. The Morgan fingerprint density at radius 2 is 1.64 bits per heavy atom. The number of aliphatic hydroxyl groups excluding tert-OH is 1. The molecule has 1 fully saturated rings. The molecule has 0 saturated carbocycles. The zero-order valence-electron chi connectivity index (χ0n) is 29.9. The van der Waals surface area contributed by atoms with Crippen LogP contribution in [0, 0.1) is 11.8 Å². The van der Waals surface area contributed by atoms with Crippen molar-refractivity contribution in [2.75, 3.05) is 13.7 Å². The van der Waals surface area contributed by atoms with Gasteiger partial charge in [0, 0.05) is 28.3 Å². The van der Waals surface area contributed by atoms with Crippen molar-refractivity contribution in [2.45, 2.75) is 69.7 Å². The summed E-state index contributed by atoms with van der Waals surface area (Å²) < 4.78 is 38.6. The summed E-state index contributed by atoms with van der Waals surface area (Å²) in [5.74, 6) is -3.73. The number of fused-ring (bicyclic) bond motifs is 1. The monoisotopic (exact) mass is 767 g/mol. The molecular formula is C37H42ClN5O9S. The van der Waals surface area contributed by atoms with Crippen LogP contribution in [0.3, 0.4) is 0 Å². The molecule has 282 valence electrons. The fourth-order valence-electron chi connectivity index (χ4n) is 6.30. The van der Waals surface area contributed by atoms with Crippen molar-refractivity contribution in [3.8, 4) is 5.75 Å². The highest BCUT2D eigenvalue weighted by molar-refractivity contribution is 7.90. The number of aliphatic hydroxyl groups is 1. The number of aromatic nitrogens is 1. The first-order valence-corrected chi connectivity index (χ1v) is 18.9. The summed E-state index contributed by atoms with van der Waals surface area (Å²) in [5, 5.41) is 12.0. The van der Waals surface area contributed by atoms with Crippen molar-refractivity contribution in [3.63, 3.8) is 0 Å². The molecule has 0 spiro atoms. The van der Waals surface area contributed by atoms with Crippen molar-refractivity contribution < 1.29 is 41.9 Å². The fraction of sp³-hybridized carbons (Fsp3) is 0.378. The molecule has 2 heterocycles. The standard InChI is InChI=1S/C37H42ClN5O9S/c1-20(2)30(39)37(48)43(35(46)23-10-8-22(9-11-23)33(45)41-53(49,50)26-15-12-24(38)13-16-26)36(47)28-7-6-18-42(28)31(21(3)4)32(44)34-40-27-19-25(51-5)14-17-29(27)52-34/h8-17,19-21,28,30-32,44H,6-7,18,39H2,1-5H3,(H,41,45)/t28-,30-,31-,32?/m0/s1. The van der Waals surface area contributed by atoms with E-state index in [9.17, 15) is 32.7 Å². The summed E-state index contributed by atoms with van der Waals surface area (Å²) in [7, 11) is -2.72. The third-order valence-corrected chi connectivity index (χ3v) is 10.8. The van der Waals surface area contributed by atoms with E-state index in [2.05, 4.69) is 4.98 Å². The second kappa shape index (κ2) is 16.1. The third kappa shape index (κ3) is 8.44. The Balaban J connectivity index is 1.41. The Morgan fingerprint density at radius 3 is 2.25 bits per heavy atom. The number of carbonyl (C=O) groups excluding carboxylic acids is 4. The fourth-order valence-corrected chi connectivity index (χ4v) is 7.40. The number of amides is 4. The lowest BCUT2D eigenvalue weighted by atomic mass is 9.95. The Morgan fingerprint density at radius 1 is 1.00 bits per heavy atom. The van der Waals surface area contributed by atoms with Crippen LogP contribution in [0.25, 0.3) is 11.1 Å². The summed E-state index contributed by atoms with van der Waals surface area (Å²) in [6.07, 6.45) is -0.456. The van der Waals surface area contributed by atoms with Gasteiger partial charge in [0.1, 0.15) is 17.4 Å². The van der Waals surface area contributed by atoms with E-state index in [0.717, 1.165) is 0 Å². The number of methoxy groups -OCH3 is 1. The molecule has 4 N–H and O–H groups in total. The average Bonchev–Trinajstić information content (AvgIpc) is 3.78. The van der Waals surface area contributed by atoms with E-state index in [4.69, 9.17) is 26.5 Å². The summed E-state index contributed by atoms with van der Waals surface area (Å²) in [6.45, 7) is 7.50. The van der Waals surface area contributed by atoms with Crippen molar-refractivity contribution in [3.05, 3.63) is 88.8 Å². The van der Waals surface area contributed by atoms with Gasteiger partial charge in [-0.25, -0.2) is 23.0 Å². The van der Waals surface area contributed by atoms with Gasteiger partial charge < -0.3 is 20.0 Å². The smallest absolute Gasteiger partial charge is 0.267 e. The lowest BCUT2D eigenvalue weighted by Gasteiger charge is -2.38.